The number of rotatable bonds is 4. The van der Waals surface area contributed by atoms with Crippen LogP contribution in [0.5, 0.6) is 0 Å². The highest BCUT2D eigenvalue weighted by Crippen LogP contribution is 2.24. The fraction of sp³-hybridized carbons (Fsp3) is 0.231. The molecule has 0 atom stereocenters. The van der Waals surface area contributed by atoms with Gasteiger partial charge in [-0.3, -0.25) is 9.48 Å². The van der Waals surface area contributed by atoms with Gasteiger partial charge in [-0.1, -0.05) is 35.0 Å². The molecule has 0 amide bonds. The van der Waals surface area contributed by atoms with Gasteiger partial charge in [-0.2, -0.15) is 5.10 Å². The predicted molar refractivity (Wildman–Crippen MR) is 79.5 cm³/mol. The number of benzene rings is 1. The third-order valence-electron chi connectivity index (χ3n) is 2.54. The summed E-state index contributed by atoms with van der Waals surface area (Å²) in [6.07, 6.45) is 0. The van der Waals surface area contributed by atoms with Crippen molar-refractivity contribution in [2.45, 2.75) is 11.9 Å². The number of carbonyl (C=O) groups is 1. The van der Waals surface area contributed by atoms with Gasteiger partial charge >= 0.3 is 0 Å². The van der Waals surface area contributed by atoms with Crippen molar-refractivity contribution in [3.63, 3.8) is 0 Å². The van der Waals surface area contributed by atoms with Gasteiger partial charge in [0.15, 0.2) is 5.78 Å². The van der Waals surface area contributed by atoms with Crippen molar-refractivity contribution in [1.82, 2.24) is 9.78 Å². The molecule has 0 aliphatic rings. The highest BCUT2D eigenvalue weighted by atomic mass is 35.5. The van der Waals surface area contributed by atoms with Crippen LogP contribution < -0.4 is 0 Å². The molecule has 0 saturated heterocycles. The number of aryl methyl sites for hydroxylation is 2. The molecule has 3 nitrogen and oxygen atoms in total. The Hall–Kier alpha value is -0.970. The molecule has 2 rings (SSSR count). The van der Waals surface area contributed by atoms with E-state index in [0.29, 0.717) is 21.4 Å². The number of hydrogen-bond acceptors (Lipinski definition) is 3. The van der Waals surface area contributed by atoms with Crippen molar-refractivity contribution >= 4 is 40.7 Å². The quantitative estimate of drug-likeness (QED) is 0.631. The number of hydrogen-bond donors (Lipinski definition) is 0. The zero-order chi connectivity index (χ0) is 14.0. The molecular formula is C13H12Cl2N2OS. The molecule has 0 radical (unpaired) electrons. The lowest BCUT2D eigenvalue weighted by Crippen LogP contribution is -2.04. The minimum atomic E-state index is -0.0450. The second-order valence-electron chi connectivity index (χ2n) is 4.08. The van der Waals surface area contributed by atoms with E-state index in [4.69, 9.17) is 23.2 Å². The van der Waals surface area contributed by atoms with Crippen molar-refractivity contribution < 1.29 is 4.79 Å². The van der Waals surface area contributed by atoms with E-state index in [1.807, 2.05) is 20.0 Å². The monoisotopic (exact) mass is 314 g/mol. The molecule has 0 saturated carbocycles. The first-order valence-corrected chi connectivity index (χ1v) is 7.33. The van der Waals surface area contributed by atoms with Crippen LogP contribution in [0.4, 0.5) is 0 Å². The van der Waals surface area contributed by atoms with E-state index in [9.17, 15) is 4.79 Å². The molecule has 0 fully saturated rings. The summed E-state index contributed by atoms with van der Waals surface area (Å²) in [6.45, 7) is 1.92. The van der Waals surface area contributed by atoms with E-state index in [1.54, 1.807) is 22.9 Å². The van der Waals surface area contributed by atoms with Gasteiger partial charge in [0.05, 0.1) is 21.5 Å². The van der Waals surface area contributed by atoms with Crippen LogP contribution in [-0.4, -0.2) is 21.3 Å². The van der Waals surface area contributed by atoms with Gasteiger partial charge < -0.3 is 0 Å². The number of carbonyl (C=O) groups excluding carboxylic acids is 1. The second kappa shape index (κ2) is 5.99. The summed E-state index contributed by atoms with van der Waals surface area (Å²) in [6, 6.07) is 6.84. The standard InChI is InChI=1S/C13H12Cl2N2OS/c1-8-5-13(17(2)16-8)19-7-12(18)10-6-9(14)3-4-11(10)15/h3-6H,7H2,1-2H3. The predicted octanol–water partition coefficient (Wildman–Crippen LogP) is 4.01. The Morgan fingerprint density at radius 3 is 2.74 bits per heavy atom. The maximum absolute atomic E-state index is 12.1. The van der Waals surface area contributed by atoms with E-state index < -0.39 is 0 Å². The molecule has 1 aromatic carbocycles. The SMILES string of the molecule is Cc1cc(SCC(=O)c2cc(Cl)ccc2Cl)n(C)n1. The minimum Gasteiger partial charge on any atom is -0.293 e. The van der Waals surface area contributed by atoms with Crippen LogP contribution in [0.1, 0.15) is 16.1 Å². The van der Waals surface area contributed by atoms with Gasteiger partial charge in [-0.25, -0.2) is 0 Å². The van der Waals surface area contributed by atoms with E-state index in [-0.39, 0.29) is 5.78 Å². The van der Waals surface area contributed by atoms with Crippen LogP contribution in [0.25, 0.3) is 0 Å². The van der Waals surface area contributed by atoms with Gasteiger partial charge in [0.25, 0.3) is 0 Å². The molecule has 2 aromatic rings. The van der Waals surface area contributed by atoms with Gasteiger partial charge in [-0.05, 0) is 31.2 Å². The maximum atomic E-state index is 12.1. The topological polar surface area (TPSA) is 34.9 Å². The Labute approximate surface area is 125 Å². The van der Waals surface area contributed by atoms with Gasteiger partial charge in [-0.15, -0.1) is 0 Å². The van der Waals surface area contributed by atoms with E-state index >= 15 is 0 Å². The number of nitrogens with zero attached hydrogens (tertiary/aromatic N) is 2. The Balaban J connectivity index is 2.09. The van der Waals surface area contributed by atoms with Crippen LogP contribution in [0.2, 0.25) is 10.0 Å². The average Bonchev–Trinajstić information content (AvgIpc) is 2.68. The molecule has 0 bridgehead atoms. The average molecular weight is 315 g/mol. The lowest BCUT2D eigenvalue weighted by atomic mass is 10.1. The fourth-order valence-corrected chi connectivity index (χ4v) is 2.96. The maximum Gasteiger partial charge on any atom is 0.174 e. The van der Waals surface area contributed by atoms with E-state index in [0.717, 1.165) is 10.7 Å². The summed E-state index contributed by atoms with van der Waals surface area (Å²) in [5, 5.41) is 6.11. The first-order valence-electron chi connectivity index (χ1n) is 5.59. The Kier molecular flexibility index (Phi) is 4.55. The molecule has 6 heteroatoms. The number of Topliss-reactive ketones (excluding diaryl/α,β-unsaturated/α-hetero) is 1. The lowest BCUT2D eigenvalue weighted by Gasteiger charge is -2.04. The van der Waals surface area contributed by atoms with Crippen molar-refractivity contribution in [3.05, 3.63) is 45.6 Å². The third-order valence-corrected chi connectivity index (χ3v) is 4.19. The molecule has 1 heterocycles. The van der Waals surface area contributed by atoms with E-state index in [2.05, 4.69) is 5.10 Å². The first kappa shape index (κ1) is 14.4. The van der Waals surface area contributed by atoms with Crippen LogP contribution in [0.3, 0.4) is 0 Å². The van der Waals surface area contributed by atoms with E-state index in [1.165, 1.54) is 11.8 Å². The molecule has 0 aliphatic heterocycles. The summed E-state index contributed by atoms with van der Waals surface area (Å²) in [7, 11) is 1.85. The number of thioether (sulfide) groups is 1. The Morgan fingerprint density at radius 2 is 2.11 bits per heavy atom. The minimum absolute atomic E-state index is 0.0450. The van der Waals surface area contributed by atoms with Crippen molar-refractivity contribution in [3.8, 4) is 0 Å². The summed E-state index contributed by atoms with van der Waals surface area (Å²) >= 11 is 13.3. The zero-order valence-corrected chi connectivity index (χ0v) is 12.8. The third kappa shape index (κ3) is 3.53. The lowest BCUT2D eigenvalue weighted by molar-refractivity contribution is 0.102. The second-order valence-corrected chi connectivity index (χ2v) is 5.92. The van der Waals surface area contributed by atoms with Crippen LogP contribution in [-0.2, 0) is 7.05 Å². The first-order chi connectivity index (χ1) is 8.97. The molecular weight excluding hydrogens is 303 g/mol. The van der Waals surface area contributed by atoms with Gasteiger partial charge in [0, 0.05) is 17.6 Å². The molecule has 100 valence electrons. The summed E-state index contributed by atoms with van der Waals surface area (Å²) in [4.78, 5) is 12.1. The Morgan fingerprint density at radius 1 is 1.37 bits per heavy atom. The highest BCUT2D eigenvalue weighted by Gasteiger charge is 2.13. The van der Waals surface area contributed by atoms with Gasteiger partial charge in [0.1, 0.15) is 0 Å². The highest BCUT2D eigenvalue weighted by molar-refractivity contribution is 7.99. The Bertz CT molecular complexity index is 625. The largest absolute Gasteiger partial charge is 0.293 e. The summed E-state index contributed by atoms with van der Waals surface area (Å²) in [5.74, 6) is 0.260. The molecule has 0 spiro atoms. The normalized spacial score (nSPS) is 10.7. The number of ketones is 1. The van der Waals surface area contributed by atoms with Crippen molar-refractivity contribution in [1.29, 1.82) is 0 Å². The van der Waals surface area contributed by atoms with Crippen LogP contribution in [0.15, 0.2) is 29.3 Å². The van der Waals surface area contributed by atoms with Crippen LogP contribution in [0, 0.1) is 6.92 Å². The molecule has 0 unspecified atom stereocenters. The summed E-state index contributed by atoms with van der Waals surface area (Å²) < 4.78 is 1.76. The summed E-state index contributed by atoms with van der Waals surface area (Å²) in [5.41, 5.74) is 1.39. The molecule has 19 heavy (non-hydrogen) atoms. The smallest absolute Gasteiger partial charge is 0.174 e. The zero-order valence-electron chi connectivity index (χ0n) is 10.5. The van der Waals surface area contributed by atoms with Gasteiger partial charge in [0.2, 0.25) is 0 Å². The molecule has 0 aliphatic carbocycles. The molecule has 0 N–H and O–H groups in total. The van der Waals surface area contributed by atoms with Crippen LogP contribution >= 0.6 is 35.0 Å². The fourth-order valence-electron chi connectivity index (χ4n) is 1.65. The van der Waals surface area contributed by atoms with Crippen molar-refractivity contribution in [2.75, 3.05) is 5.75 Å². The molecule has 1 aromatic heterocycles. The van der Waals surface area contributed by atoms with Crippen molar-refractivity contribution in [2.24, 2.45) is 7.05 Å². The number of halogens is 2. The number of aromatic nitrogens is 2.